The van der Waals surface area contributed by atoms with Crippen LogP contribution in [0.2, 0.25) is 0 Å². The fourth-order valence-electron chi connectivity index (χ4n) is 1.95. The third-order valence-electron chi connectivity index (χ3n) is 3.14. The highest BCUT2D eigenvalue weighted by Gasteiger charge is 2.04. The fourth-order valence-corrected chi connectivity index (χ4v) is 2.09. The molecule has 0 spiro atoms. The predicted molar refractivity (Wildman–Crippen MR) is 91.7 cm³/mol. The van der Waals surface area contributed by atoms with Crippen molar-refractivity contribution in [2.75, 3.05) is 5.32 Å². The smallest absolute Gasteiger partial charge is 0.191 e. The van der Waals surface area contributed by atoms with Gasteiger partial charge in [-0.3, -0.25) is 10.4 Å². The van der Waals surface area contributed by atoms with Gasteiger partial charge in [0.2, 0.25) is 0 Å². The molecule has 2 aromatic rings. The molecule has 2 N–H and O–H groups in total. The van der Waals surface area contributed by atoms with Gasteiger partial charge < -0.3 is 5.32 Å². The maximum atomic E-state index is 5.28. The van der Waals surface area contributed by atoms with Gasteiger partial charge in [-0.05, 0) is 56.2 Å². The van der Waals surface area contributed by atoms with Gasteiger partial charge in [0, 0.05) is 23.6 Å². The van der Waals surface area contributed by atoms with E-state index in [0.29, 0.717) is 5.11 Å². The average molecular weight is 298 g/mol. The third kappa shape index (κ3) is 4.10. The van der Waals surface area contributed by atoms with Gasteiger partial charge in [-0.2, -0.15) is 5.10 Å². The van der Waals surface area contributed by atoms with E-state index in [1.807, 2.05) is 51.1 Å². The van der Waals surface area contributed by atoms with Crippen LogP contribution in [0.5, 0.6) is 0 Å². The summed E-state index contributed by atoms with van der Waals surface area (Å²) >= 11 is 5.28. The lowest BCUT2D eigenvalue weighted by Crippen LogP contribution is -2.25. The van der Waals surface area contributed by atoms with E-state index in [0.717, 1.165) is 28.1 Å². The first-order valence-corrected chi connectivity index (χ1v) is 7.06. The molecule has 0 radical (unpaired) electrons. The molecule has 21 heavy (non-hydrogen) atoms. The van der Waals surface area contributed by atoms with E-state index in [1.165, 1.54) is 0 Å². The van der Waals surface area contributed by atoms with Crippen molar-refractivity contribution in [2.45, 2.75) is 20.8 Å². The maximum absolute atomic E-state index is 5.28. The van der Waals surface area contributed by atoms with E-state index in [2.05, 4.69) is 20.8 Å². The third-order valence-corrected chi connectivity index (χ3v) is 3.34. The molecule has 0 amide bonds. The van der Waals surface area contributed by atoms with Crippen LogP contribution >= 0.6 is 12.2 Å². The Morgan fingerprint density at radius 3 is 2.33 bits per heavy atom. The van der Waals surface area contributed by atoms with Gasteiger partial charge in [-0.15, -0.1) is 0 Å². The minimum Gasteiger partial charge on any atom is -0.331 e. The number of rotatable bonds is 3. The van der Waals surface area contributed by atoms with Crippen molar-refractivity contribution >= 4 is 28.7 Å². The zero-order chi connectivity index (χ0) is 15.2. The number of aromatic nitrogens is 1. The van der Waals surface area contributed by atoms with E-state index in [4.69, 9.17) is 12.2 Å². The van der Waals surface area contributed by atoms with Gasteiger partial charge in [-0.1, -0.05) is 18.2 Å². The second-order valence-corrected chi connectivity index (χ2v) is 5.17. The van der Waals surface area contributed by atoms with Gasteiger partial charge in [0.25, 0.3) is 0 Å². The topological polar surface area (TPSA) is 49.3 Å². The van der Waals surface area contributed by atoms with E-state index in [1.54, 1.807) is 12.4 Å². The number of aryl methyl sites for hydroxylation is 2. The van der Waals surface area contributed by atoms with Crippen molar-refractivity contribution in [3.05, 3.63) is 59.4 Å². The molecule has 0 saturated heterocycles. The Morgan fingerprint density at radius 1 is 1.10 bits per heavy atom. The van der Waals surface area contributed by atoms with Crippen molar-refractivity contribution in [1.29, 1.82) is 0 Å². The number of hydrazone groups is 1. The number of para-hydroxylation sites is 1. The summed E-state index contributed by atoms with van der Waals surface area (Å²) in [5.41, 5.74) is 8.04. The number of benzene rings is 1. The highest BCUT2D eigenvalue weighted by atomic mass is 32.1. The number of thiocarbonyl (C=S) groups is 1. The molecule has 0 aliphatic carbocycles. The van der Waals surface area contributed by atoms with Crippen molar-refractivity contribution in [3.63, 3.8) is 0 Å². The lowest BCUT2D eigenvalue weighted by Gasteiger charge is -2.13. The Kier molecular flexibility index (Phi) is 5.00. The number of nitrogens with one attached hydrogen (secondary N) is 2. The summed E-state index contributed by atoms with van der Waals surface area (Å²) in [5.74, 6) is 0. The molecule has 4 nitrogen and oxygen atoms in total. The lowest BCUT2D eigenvalue weighted by molar-refractivity contribution is 1.04. The molecule has 1 aromatic carbocycles. The monoisotopic (exact) mass is 298 g/mol. The molecule has 2 rings (SSSR count). The van der Waals surface area contributed by atoms with Crippen LogP contribution in [0.1, 0.15) is 23.6 Å². The van der Waals surface area contributed by atoms with Crippen LogP contribution in [0.3, 0.4) is 0 Å². The average Bonchev–Trinajstić information content (AvgIpc) is 2.49. The summed E-state index contributed by atoms with van der Waals surface area (Å²) in [4.78, 5) is 3.98. The highest BCUT2D eigenvalue weighted by Crippen LogP contribution is 2.19. The molecular weight excluding hydrogens is 280 g/mol. The largest absolute Gasteiger partial charge is 0.331 e. The zero-order valence-electron chi connectivity index (χ0n) is 12.3. The van der Waals surface area contributed by atoms with E-state index in [9.17, 15) is 0 Å². The highest BCUT2D eigenvalue weighted by molar-refractivity contribution is 7.80. The van der Waals surface area contributed by atoms with E-state index >= 15 is 0 Å². The number of hydrogen-bond acceptors (Lipinski definition) is 3. The van der Waals surface area contributed by atoms with E-state index < -0.39 is 0 Å². The standard InChI is InChI=1S/C16H18N4S/c1-11-5-4-6-12(2)15(11)18-16(21)20-19-13(3)14-7-9-17-10-8-14/h4-10H,1-3H3,(H2,18,20,21)/b19-13+. The first-order chi connectivity index (χ1) is 10.1. The van der Waals surface area contributed by atoms with Crippen LogP contribution in [0.15, 0.2) is 47.8 Å². The van der Waals surface area contributed by atoms with Crippen LogP contribution < -0.4 is 10.7 Å². The molecule has 0 aliphatic heterocycles. The van der Waals surface area contributed by atoms with Crippen LogP contribution in [0.4, 0.5) is 5.69 Å². The molecule has 0 bridgehead atoms. The summed E-state index contributed by atoms with van der Waals surface area (Å²) in [6.07, 6.45) is 3.48. The Labute approximate surface area is 130 Å². The Balaban J connectivity index is 2.03. The molecule has 0 aliphatic rings. The summed E-state index contributed by atoms with van der Waals surface area (Å²) in [7, 11) is 0. The molecule has 0 fully saturated rings. The first kappa shape index (κ1) is 15.1. The SMILES string of the molecule is C/C(=N\NC(=S)Nc1c(C)cccc1C)c1ccncc1. The minimum atomic E-state index is 0.473. The van der Waals surface area contributed by atoms with Crippen LogP contribution in [-0.4, -0.2) is 15.8 Å². The quantitative estimate of drug-likeness (QED) is 0.518. The van der Waals surface area contributed by atoms with Crippen LogP contribution in [0, 0.1) is 13.8 Å². The molecule has 0 atom stereocenters. The molecule has 1 aromatic heterocycles. The minimum absolute atomic E-state index is 0.473. The van der Waals surface area contributed by atoms with Crippen molar-refractivity contribution in [2.24, 2.45) is 5.10 Å². The number of nitrogens with zero attached hydrogens (tertiary/aromatic N) is 2. The number of hydrogen-bond donors (Lipinski definition) is 2. The predicted octanol–water partition coefficient (Wildman–Crippen LogP) is 3.41. The Morgan fingerprint density at radius 2 is 1.71 bits per heavy atom. The van der Waals surface area contributed by atoms with Crippen molar-refractivity contribution < 1.29 is 0 Å². The summed E-state index contributed by atoms with van der Waals surface area (Å²) in [6, 6.07) is 9.93. The normalized spacial score (nSPS) is 11.1. The molecule has 108 valence electrons. The Hall–Kier alpha value is -2.27. The van der Waals surface area contributed by atoms with Crippen molar-refractivity contribution in [3.8, 4) is 0 Å². The first-order valence-electron chi connectivity index (χ1n) is 6.66. The maximum Gasteiger partial charge on any atom is 0.191 e. The number of pyridine rings is 1. The lowest BCUT2D eigenvalue weighted by atomic mass is 10.1. The fraction of sp³-hybridized carbons (Fsp3) is 0.188. The van der Waals surface area contributed by atoms with E-state index in [-0.39, 0.29) is 0 Å². The molecule has 0 saturated carbocycles. The van der Waals surface area contributed by atoms with Gasteiger partial charge >= 0.3 is 0 Å². The molecular formula is C16H18N4S. The second-order valence-electron chi connectivity index (χ2n) is 4.77. The summed E-state index contributed by atoms with van der Waals surface area (Å²) in [5, 5.41) is 7.94. The molecule has 1 heterocycles. The summed E-state index contributed by atoms with van der Waals surface area (Å²) in [6.45, 7) is 6.01. The second kappa shape index (κ2) is 6.95. The number of anilines is 1. The van der Waals surface area contributed by atoms with Crippen LogP contribution in [-0.2, 0) is 0 Å². The van der Waals surface area contributed by atoms with Gasteiger partial charge in [-0.25, -0.2) is 0 Å². The zero-order valence-corrected chi connectivity index (χ0v) is 13.2. The Bertz CT molecular complexity index is 645. The van der Waals surface area contributed by atoms with Gasteiger partial charge in [0.05, 0.1) is 5.71 Å². The summed E-state index contributed by atoms with van der Waals surface area (Å²) < 4.78 is 0. The molecule has 5 heteroatoms. The van der Waals surface area contributed by atoms with Gasteiger partial charge in [0.1, 0.15) is 0 Å². The molecule has 0 unspecified atom stereocenters. The van der Waals surface area contributed by atoms with Gasteiger partial charge in [0.15, 0.2) is 5.11 Å². The van der Waals surface area contributed by atoms with Crippen molar-refractivity contribution in [1.82, 2.24) is 10.4 Å². The van der Waals surface area contributed by atoms with Crippen LogP contribution in [0.25, 0.3) is 0 Å².